The van der Waals surface area contributed by atoms with Gasteiger partial charge in [-0.15, -0.1) is 0 Å². The van der Waals surface area contributed by atoms with Crippen molar-refractivity contribution in [1.82, 2.24) is 9.80 Å². The number of carbonyl (C=O) groups excluding carboxylic acids is 2. The Morgan fingerprint density at radius 3 is 1.82 bits per heavy atom. The second-order valence-corrected chi connectivity index (χ2v) is 7.97. The van der Waals surface area contributed by atoms with Crippen LogP contribution in [0.5, 0.6) is 0 Å². The van der Waals surface area contributed by atoms with Crippen LogP contribution in [0.15, 0.2) is 0 Å². The fourth-order valence-electron chi connectivity index (χ4n) is 2.68. The fraction of sp³-hybridized carbons (Fsp3) is 0.905. The first kappa shape index (κ1) is 29.0. The first-order chi connectivity index (χ1) is 13.2. The molecule has 7 heteroatoms. The van der Waals surface area contributed by atoms with Gasteiger partial charge in [0.25, 0.3) is 0 Å². The van der Waals surface area contributed by atoms with E-state index in [1.54, 1.807) is 0 Å². The SMILES string of the molecule is CCCCCC(N)N.CN(C)C.NC(=O)CCCCC(=O)N1CCCCCC1. The van der Waals surface area contributed by atoms with Crippen molar-refractivity contribution in [2.24, 2.45) is 17.2 Å². The molecule has 1 rings (SSSR count). The van der Waals surface area contributed by atoms with E-state index < -0.39 is 0 Å². The number of carbonyl (C=O) groups is 2. The lowest BCUT2D eigenvalue weighted by Crippen LogP contribution is -2.31. The van der Waals surface area contributed by atoms with Crippen molar-refractivity contribution >= 4 is 11.8 Å². The molecular formula is C21H47N5O2. The number of nitrogens with zero attached hydrogens (tertiary/aromatic N) is 2. The number of likely N-dealkylation sites (tertiary alicyclic amines) is 1. The standard InChI is InChI=1S/C12H22N2O2.C6H16N2.C3H9N/c13-11(15)7-3-4-8-12(16)14-9-5-1-2-6-10-14;1-2-3-4-5-6(7)8;1-4(2)3/h1-10H2,(H2,13,15);6H,2-5,7-8H2,1H3;1-3H3. The molecule has 168 valence electrons. The molecule has 1 aliphatic heterocycles. The Balaban J connectivity index is 0. The van der Waals surface area contributed by atoms with Crippen molar-refractivity contribution < 1.29 is 9.59 Å². The third kappa shape index (κ3) is 24.8. The van der Waals surface area contributed by atoms with E-state index in [-0.39, 0.29) is 18.0 Å². The first-order valence-electron chi connectivity index (χ1n) is 10.9. The highest BCUT2D eigenvalue weighted by molar-refractivity contribution is 5.76. The van der Waals surface area contributed by atoms with Crippen LogP contribution in [0, 0.1) is 0 Å². The first-order valence-corrected chi connectivity index (χ1v) is 10.9. The molecule has 0 unspecified atom stereocenters. The molecule has 0 atom stereocenters. The predicted molar refractivity (Wildman–Crippen MR) is 119 cm³/mol. The molecule has 0 radical (unpaired) electrons. The van der Waals surface area contributed by atoms with E-state index in [1.807, 2.05) is 30.9 Å². The second-order valence-electron chi connectivity index (χ2n) is 7.97. The van der Waals surface area contributed by atoms with Gasteiger partial charge in [0.2, 0.25) is 11.8 Å². The lowest BCUT2D eigenvalue weighted by atomic mass is 10.1. The summed E-state index contributed by atoms with van der Waals surface area (Å²) in [7, 11) is 6.00. The molecule has 0 bridgehead atoms. The average molecular weight is 402 g/mol. The maximum absolute atomic E-state index is 11.8. The number of unbranched alkanes of at least 4 members (excludes halogenated alkanes) is 3. The zero-order chi connectivity index (χ0) is 21.8. The zero-order valence-electron chi connectivity index (χ0n) is 18.9. The molecule has 0 aliphatic carbocycles. The van der Waals surface area contributed by atoms with Gasteiger partial charge in [0.15, 0.2) is 0 Å². The van der Waals surface area contributed by atoms with Gasteiger partial charge in [-0.05, 0) is 53.2 Å². The summed E-state index contributed by atoms with van der Waals surface area (Å²) in [5, 5.41) is 0. The number of rotatable bonds is 9. The quantitative estimate of drug-likeness (QED) is 0.405. The van der Waals surface area contributed by atoms with Gasteiger partial charge < -0.3 is 27.0 Å². The van der Waals surface area contributed by atoms with Crippen molar-refractivity contribution in [3.8, 4) is 0 Å². The molecule has 1 saturated heterocycles. The summed E-state index contributed by atoms with van der Waals surface area (Å²) < 4.78 is 0. The van der Waals surface area contributed by atoms with E-state index in [0.717, 1.165) is 45.2 Å². The molecule has 1 fully saturated rings. The fourth-order valence-corrected chi connectivity index (χ4v) is 2.68. The summed E-state index contributed by atoms with van der Waals surface area (Å²) in [6.45, 7) is 3.99. The van der Waals surface area contributed by atoms with Crippen molar-refractivity contribution in [3.63, 3.8) is 0 Å². The smallest absolute Gasteiger partial charge is 0.222 e. The molecule has 0 aromatic carbocycles. The van der Waals surface area contributed by atoms with Gasteiger partial charge in [-0.2, -0.15) is 0 Å². The van der Waals surface area contributed by atoms with Gasteiger partial charge in [0, 0.05) is 25.9 Å². The number of amides is 2. The minimum Gasteiger partial charge on any atom is -0.370 e. The zero-order valence-corrected chi connectivity index (χ0v) is 18.9. The van der Waals surface area contributed by atoms with Crippen molar-refractivity contribution in [1.29, 1.82) is 0 Å². The Morgan fingerprint density at radius 2 is 1.39 bits per heavy atom. The van der Waals surface area contributed by atoms with Crippen molar-refractivity contribution in [2.75, 3.05) is 34.2 Å². The minimum absolute atomic E-state index is 0.0958. The summed E-state index contributed by atoms with van der Waals surface area (Å²) in [6.07, 6.45) is 11.8. The highest BCUT2D eigenvalue weighted by Gasteiger charge is 2.14. The van der Waals surface area contributed by atoms with E-state index in [1.165, 1.54) is 32.1 Å². The molecule has 0 saturated carbocycles. The average Bonchev–Trinajstić information content (AvgIpc) is 2.88. The van der Waals surface area contributed by atoms with E-state index in [9.17, 15) is 9.59 Å². The minimum atomic E-state index is -0.276. The van der Waals surface area contributed by atoms with Crippen LogP contribution in [0.3, 0.4) is 0 Å². The monoisotopic (exact) mass is 401 g/mol. The van der Waals surface area contributed by atoms with Gasteiger partial charge >= 0.3 is 0 Å². The van der Waals surface area contributed by atoms with Gasteiger partial charge in [-0.25, -0.2) is 0 Å². The topological polar surface area (TPSA) is 119 Å². The van der Waals surface area contributed by atoms with E-state index in [2.05, 4.69) is 6.92 Å². The molecule has 0 aromatic heterocycles. The van der Waals surface area contributed by atoms with E-state index >= 15 is 0 Å². The number of hydrogen-bond donors (Lipinski definition) is 3. The van der Waals surface area contributed by atoms with Crippen molar-refractivity contribution in [2.45, 2.75) is 90.1 Å². The molecule has 6 N–H and O–H groups in total. The Kier molecular flexibility index (Phi) is 21.3. The summed E-state index contributed by atoms with van der Waals surface area (Å²) in [4.78, 5) is 26.3. The van der Waals surface area contributed by atoms with Crippen LogP contribution < -0.4 is 17.2 Å². The summed E-state index contributed by atoms with van der Waals surface area (Å²) in [5.41, 5.74) is 15.7. The van der Waals surface area contributed by atoms with Gasteiger partial charge in [-0.3, -0.25) is 9.59 Å². The van der Waals surface area contributed by atoms with Gasteiger partial charge in [-0.1, -0.05) is 39.0 Å². The van der Waals surface area contributed by atoms with Crippen LogP contribution in [0.25, 0.3) is 0 Å². The third-order valence-electron chi connectivity index (χ3n) is 4.16. The van der Waals surface area contributed by atoms with Crippen LogP contribution >= 0.6 is 0 Å². The molecule has 28 heavy (non-hydrogen) atoms. The summed E-state index contributed by atoms with van der Waals surface area (Å²) >= 11 is 0. The Bertz CT molecular complexity index is 365. The van der Waals surface area contributed by atoms with Gasteiger partial charge in [0.1, 0.15) is 0 Å². The molecule has 0 spiro atoms. The van der Waals surface area contributed by atoms with Crippen molar-refractivity contribution in [3.05, 3.63) is 0 Å². The normalized spacial score (nSPS) is 13.9. The number of nitrogens with two attached hydrogens (primary N) is 3. The van der Waals surface area contributed by atoms with Crippen LogP contribution in [0.1, 0.15) is 84.0 Å². The predicted octanol–water partition coefficient (Wildman–Crippen LogP) is 2.42. The summed E-state index contributed by atoms with van der Waals surface area (Å²) in [5.74, 6) is -0.0337. The molecule has 0 aromatic rings. The van der Waals surface area contributed by atoms with E-state index in [4.69, 9.17) is 17.2 Å². The molecule has 7 nitrogen and oxygen atoms in total. The number of primary amides is 1. The van der Waals surface area contributed by atoms with E-state index in [0.29, 0.717) is 12.8 Å². The maximum Gasteiger partial charge on any atom is 0.222 e. The Labute approximate surface area is 173 Å². The third-order valence-corrected chi connectivity index (χ3v) is 4.16. The number of hydrogen-bond acceptors (Lipinski definition) is 5. The highest BCUT2D eigenvalue weighted by atomic mass is 16.2. The molecule has 1 aliphatic rings. The maximum atomic E-state index is 11.8. The van der Waals surface area contributed by atoms with Crippen LogP contribution in [-0.2, 0) is 9.59 Å². The molecule has 2 amide bonds. The van der Waals surface area contributed by atoms with Gasteiger partial charge in [0.05, 0.1) is 6.17 Å². The molecule has 1 heterocycles. The van der Waals surface area contributed by atoms with Crippen LogP contribution in [0.2, 0.25) is 0 Å². The van der Waals surface area contributed by atoms with Crippen LogP contribution in [-0.4, -0.2) is 62.0 Å². The lowest BCUT2D eigenvalue weighted by molar-refractivity contribution is -0.131. The lowest BCUT2D eigenvalue weighted by Gasteiger charge is -2.20. The summed E-state index contributed by atoms with van der Waals surface area (Å²) in [6, 6.07) is 0. The Hall–Kier alpha value is -1.18. The largest absolute Gasteiger partial charge is 0.370 e. The van der Waals surface area contributed by atoms with Crippen LogP contribution in [0.4, 0.5) is 0 Å². The highest BCUT2D eigenvalue weighted by Crippen LogP contribution is 2.12. The Morgan fingerprint density at radius 1 is 0.893 bits per heavy atom. The second kappa shape index (κ2) is 20.6. The molecular weight excluding hydrogens is 354 g/mol.